The van der Waals surface area contributed by atoms with Crippen LogP contribution in [0.15, 0.2) is 48.5 Å². The van der Waals surface area contributed by atoms with E-state index in [2.05, 4.69) is 172 Å². The fourth-order valence-electron chi connectivity index (χ4n) is 8.13. The van der Waals surface area contributed by atoms with Gasteiger partial charge in [0.15, 0.2) is 11.6 Å². The summed E-state index contributed by atoms with van der Waals surface area (Å²) in [5.41, 5.74) is 4.63. The molecular weight excluding hydrogens is 596 g/mol. The molecule has 260 valence electrons. The van der Waals surface area contributed by atoms with Gasteiger partial charge in [0, 0.05) is 26.2 Å². The molecule has 1 fully saturated rings. The molecule has 0 amide bonds. The molecule has 10 nitrogen and oxygen atoms in total. The molecule has 1 aliphatic rings. The molecule has 0 bridgehead atoms. The minimum absolute atomic E-state index is 0.0733. The van der Waals surface area contributed by atoms with Gasteiger partial charge < -0.3 is 0 Å². The third-order valence-corrected chi connectivity index (χ3v) is 9.41. The highest BCUT2D eigenvalue weighted by Gasteiger charge is 2.40. The summed E-state index contributed by atoms with van der Waals surface area (Å²) in [5, 5.41) is 27.2. The van der Waals surface area contributed by atoms with Gasteiger partial charge in [0.1, 0.15) is 0 Å². The van der Waals surface area contributed by atoms with Crippen LogP contribution >= 0.6 is 0 Å². The summed E-state index contributed by atoms with van der Waals surface area (Å²) in [6, 6.07) is 17.6. The quantitative estimate of drug-likeness (QED) is 0.179. The van der Waals surface area contributed by atoms with E-state index in [0.29, 0.717) is 0 Å². The normalized spacial score (nSPS) is 17.1. The van der Waals surface area contributed by atoms with Gasteiger partial charge in [-0.25, -0.2) is 9.36 Å². The maximum Gasteiger partial charge on any atom is 0.173 e. The Morgan fingerprint density at radius 2 is 0.833 bits per heavy atom. The standard InChI is InChI=1S/C38H58N10/c1-27-13-17-29(18-14-27)31(33-39-41-43-47(33)37(9,10)25-35(3,4)5)45-21-23-46(24-22-45)32(30-19-15-28(2)16-20-30)34-40-42-44-48(34)38(11,12)26-36(6,7)8/h13-20,31-32H,21-26H2,1-12H3. The predicted octanol–water partition coefficient (Wildman–Crippen LogP) is 7.12. The number of benzene rings is 2. The van der Waals surface area contributed by atoms with Gasteiger partial charge >= 0.3 is 0 Å². The van der Waals surface area contributed by atoms with Gasteiger partial charge in [0.2, 0.25) is 0 Å². The van der Waals surface area contributed by atoms with Gasteiger partial charge in [0.25, 0.3) is 0 Å². The second kappa shape index (κ2) is 13.4. The zero-order valence-electron chi connectivity index (χ0n) is 31.5. The maximum absolute atomic E-state index is 4.72. The second-order valence-corrected chi connectivity index (χ2v) is 17.7. The Bertz CT molecular complexity index is 1500. The van der Waals surface area contributed by atoms with E-state index >= 15 is 0 Å². The Kier molecular flexibility index (Phi) is 10.0. The van der Waals surface area contributed by atoms with E-state index in [1.165, 1.54) is 22.3 Å². The Morgan fingerprint density at radius 1 is 0.521 bits per heavy atom. The number of hydrogen-bond donors (Lipinski definition) is 0. The zero-order valence-corrected chi connectivity index (χ0v) is 31.5. The lowest BCUT2D eigenvalue weighted by atomic mass is 9.81. The van der Waals surface area contributed by atoms with Crippen LogP contribution in [-0.2, 0) is 11.1 Å². The van der Waals surface area contributed by atoms with Gasteiger partial charge in [-0.2, -0.15) is 0 Å². The van der Waals surface area contributed by atoms with Crippen LogP contribution in [0.3, 0.4) is 0 Å². The van der Waals surface area contributed by atoms with Crippen molar-refractivity contribution in [2.24, 2.45) is 10.8 Å². The highest BCUT2D eigenvalue weighted by molar-refractivity contribution is 5.30. The first-order valence-corrected chi connectivity index (χ1v) is 17.5. The van der Waals surface area contributed by atoms with Crippen molar-refractivity contribution in [3.05, 3.63) is 82.4 Å². The van der Waals surface area contributed by atoms with Crippen molar-refractivity contribution < 1.29 is 0 Å². The van der Waals surface area contributed by atoms with Crippen LogP contribution in [0.25, 0.3) is 0 Å². The molecule has 10 heteroatoms. The number of rotatable bonds is 10. The second-order valence-electron chi connectivity index (χ2n) is 17.7. The summed E-state index contributed by atoms with van der Waals surface area (Å²) < 4.78 is 4.16. The summed E-state index contributed by atoms with van der Waals surface area (Å²) in [7, 11) is 0. The minimum Gasteiger partial charge on any atom is -0.287 e. The van der Waals surface area contributed by atoms with E-state index in [0.717, 1.165) is 50.7 Å². The maximum atomic E-state index is 4.72. The van der Waals surface area contributed by atoms with Gasteiger partial charge in [-0.3, -0.25) is 9.80 Å². The molecule has 0 radical (unpaired) electrons. The van der Waals surface area contributed by atoms with Gasteiger partial charge in [0.05, 0.1) is 23.2 Å². The van der Waals surface area contributed by atoms with Gasteiger partial charge in [-0.15, -0.1) is 10.2 Å². The molecule has 48 heavy (non-hydrogen) atoms. The van der Waals surface area contributed by atoms with Crippen molar-refractivity contribution in [1.82, 2.24) is 50.2 Å². The number of hydrogen-bond acceptors (Lipinski definition) is 8. The van der Waals surface area contributed by atoms with Crippen molar-refractivity contribution in [2.45, 2.75) is 119 Å². The Hall–Kier alpha value is -3.50. The van der Waals surface area contributed by atoms with Crippen LogP contribution < -0.4 is 0 Å². The number of piperazine rings is 1. The van der Waals surface area contributed by atoms with E-state index in [9.17, 15) is 0 Å². The van der Waals surface area contributed by atoms with E-state index in [4.69, 9.17) is 10.2 Å². The summed E-state index contributed by atoms with van der Waals surface area (Å²) in [4.78, 5) is 5.10. The van der Waals surface area contributed by atoms with Crippen LogP contribution in [0.5, 0.6) is 0 Å². The molecule has 2 unspecified atom stereocenters. The summed E-state index contributed by atoms with van der Waals surface area (Å²) in [6.07, 6.45) is 1.90. The first-order valence-electron chi connectivity index (χ1n) is 17.5. The molecule has 0 saturated carbocycles. The molecule has 0 N–H and O–H groups in total. The summed E-state index contributed by atoms with van der Waals surface area (Å²) in [5.74, 6) is 1.79. The van der Waals surface area contributed by atoms with Crippen LogP contribution in [0.4, 0.5) is 0 Å². The van der Waals surface area contributed by atoms with E-state index < -0.39 is 0 Å². The zero-order chi connectivity index (χ0) is 35.1. The lowest BCUT2D eigenvalue weighted by molar-refractivity contribution is 0.0756. The Morgan fingerprint density at radius 3 is 1.12 bits per heavy atom. The molecular formula is C38H58N10. The van der Waals surface area contributed by atoms with Crippen molar-refractivity contribution >= 4 is 0 Å². The van der Waals surface area contributed by atoms with Crippen LogP contribution in [0.1, 0.15) is 128 Å². The van der Waals surface area contributed by atoms with Crippen molar-refractivity contribution in [3.63, 3.8) is 0 Å². The first-order chi connectivity index (χ1) is 22.3. The number of aryl methyl sites for hydroxylation is 2. The molecule has 4 aromatic rings. The van der Waals surface area contributed by atoms with Crippen molar-refractivity contribution in [1.29, 1.82) is 0 Å². The van der Waals surface area contributed by atoms with E-state index in [1.807, 2.05) is 0 Å². The summed E-state index contributed by atoms with van der Waals surface area (Å²) >= 11 is 0. The average molecular weight is 655 g/mol. The molecule has 3 heterocycles. The van der Waals surface area contributed by atoms with Crippen LogP contribution in [-0.4, -0.2) is 76.4 Å². The highest BCUT2D eigenvalue weighted by Crippen LogP contribution is 2.39. The first kappa shape index (κ1) is 35.8. The third-order valence-electron chi connectivity index (χ3n) is 9.41. The van der Waals surface area contributed by atoms with E-state index in [-0.39, 0.29) is 34.0 Å². The fourth-order valence-corrected chi connectivity index (χ4v) is 8.13. The number of aromatic nitrogens is 8. The lowest BCUT2D eigenvalue weighted by Gasteiger charge is -2.43. The number of tetrazole rings is 2. The SMILES string of the molecule is Cc1ccc(C(c2nnnn2C(C)(C)CC(C)(C)C)N2CCN(C(c3ccc(C)cc3)c3nnnn3C(C)(C)CC(C)(C)C)CC2)cc1. The fraction of sp³-hybridized carbons (Fsp3) is 0.632. The van der Waals surface area contributed by atoms with Crippen LogP contribution in [0.2, 0.25) is 0 Å². The summed E-state index contributed by atoms with van der Waals surface area (Å²) in [6.45, 7) is 30.3. The van der Waals surface area contributed by atoms with Gasteiger partial charge in [-0.1, -0.05) is 101 Å². The van der Waals surface area contributed by atoms with Crippen molar-refractivity contribution in [3.8, 4) is 0 Å². The molecule has 1 saturated heterocycles. The van der Waals surface area contributed by atoms with Gasteiger partial charge in [-0.05, 0) is 97.2 Å². The molecule has 2 atom stereocenters. The Labute approximate surface area is 288 Å². The predicted molar refractivity (Wildman–Crippen MR) is 192 cm³/mol. The molecule has 1 aliphatic heterocycles. The highest BCUT2D eigenvalue weighted by atomic mass is 15.6. The molecule has 5 rings (SSSR count). The van der Waals surface area contributed by atoms with E-state index in [1.54, 1.807) is 0 Å². The number of nitrogens with zero attached hydrogens (tertiary/aromatic N) is 10. The topological polar surface area (TPSA) is 93.7 Å². The van der Waals surface area contributed by atoms with Crippen LogP contribution in [0, 0.1) is 24.7 Å². The largest absolute Gasteiger partial charge is 0.287 e. The smallest absolute Gasteiger partial charge is 0.173 e. The average Bonchev–Trinajstić information content (AvgIpc) is 3.65. The lowest BCUT2D eigenvalue weighted by Crippen LogP contribution is -2.50. The monoisotopic (exact) mass is 654 g/mol. The third kappa shape index (κ3) is 8.20. The Balaban J connectivity index is 1.49. The molecule has 2 aromatic heterocycles. The minimum atomic E-state index is -0.255. The molecule has 2 aromatic carbocycles. The molecule has 0 spiro atoms. The van der Waals surface area contributed by atoms with Crippen molar-refractivity contribution in [2.75, 3.05) is 26.2 Å². The molecule has 0 aliphatic carbocycles.